The van der Waals surface area contributed by atoms with Gasteiger partial charge < -0.3 is 19.5 Å². The van der Waals surface area contributed by atoms with Crippen LogP contribution in [0.4, 0.5) is 5.82 Å². The zero-order valence-electron chi connectivity index (χ0n) is 16.1. The topological polar surface area (TPSA) is 104 Å². The summed E-state index contributed by atoms with van der Waals surface area (Å²) in [6, 6.07) is 0. The predicted molar refractivity (Wildman–Crippen MR) is 103 cm³/mol. The Kier molecular flexibility index (Phi) is 5.40. The van der Waals surface area contributed by atoms with E-state index in [1.54, 1.807) is 6.33 Å². The molecule has 0 spiro atoms. The number of aromatic nitrogens is 4. The number of nitrogens with zero attached hydrogens (tertiary/aromatic N) is 5. The molecule has 1 N–H and O–H groups in total. The van der Waals surface area contributed by atoms with E-state index in [2.05, 4.69) is 24.8 Å². The van der Waals surface area contributed by atoms with Crippen molar-refractivity contribution in [3.05, 3.63) is 12.7 Å². The van der Waals surface area contributed by atoms with Gasteiger partial charge in [0.05, 0.1) is 18.9 Å². The van der Waals surface area contributed by atoms with Crippen LogP contribution in [0.15, 0.2) is 12.7 Å². The first-order chi connectivity index (χ1) is 13.7. The van der Waals surface area contributed by atoms with Crippen molar-refractivity contribution in [1.29, 1.82) is 0 Å². The van der Waals surface area contributed by atoms with E-state index in [1.165, 1.54) is 6.33 Å². The van der Waals surface area contributed by atoms with Crippen LogP contribution in [0.5, 0.6) is 0 Å². The van der Waals surface area contributed by atoms with Crippen LogP contribution in [0.3, 0.4) is 0 Å². The fraction of sp³-hybridized carbons (Fsp3) is 0.632. The van der Waals surface area contributed by atoms with Crippen molar-refractivity contribution in [2.24, 2.45) is 11.8 Å². The number of esters is 1. The summed E-state index contributed by atoms with van der Waals surface area (Å²) >= 11 is 0. The lowest BCUT2D eigenvalue weighted by molar-refractivity contribution is -0.151. The van der Waals surface area contributed by atoms with Gasteiger partial charge in [0.25, 0.3) is 0 Å². The van der Waals surface area contributed by atoms with Crippen LogP contribution in [0.1, 0.15) is 32.6 Å². The number of carbonyl (C=O) groups excluding carboxylic acids is 2. The Morgan fingerprint density at radius 2 is 1.79 bits per heavy atom. The number of nitrogens with one attached hydrogen (secondary N) is 1. The molecular formula is C19H26N6O3. The average molecular weight is 386 g/mol. The number of aromatic amines is 1. The number of carbonyl (C=O) groups is 2. The minimum atomic E-state index is -0.127. The summed E-state index contributed by atoms with van der Waals surface area (Å²) in [6.45, 7) is 5.07. The molecule has 0 aromatic carbocycles. The second kappa shape index (κ2) is 8.12. The molecule has 4 heterocycles. The lowest BCUT2D eigenvalue weighted by Gasteiger charge is -2.37. The lowest BCUT2D eigenvalue weighted by atomic mass is 9.92. The molecule has 0 saturated carbocycles. The Morgan fingerprint density at radius 1 is 1.07 bits per heavy atom. The summed E-state index contributed by atoms with van der Waals surface area (Å²) in [5.74, 6) is 0.910. The molecule has 9 heteroatoms. The normalized spacial score (nSPS) is 19.2. The Balaban J connectivity index is 1.31. The summed E-state index contributed by atoms with van der Waals surface area (Å²) in [6.07, 6.45) is 6.15. The molecule has 28 heavy (non-hydrogen) atoms. The number of hydrogen-bond donors (Lipinski definition) is 1. The smallest absolute Gasteiger partial charge is 0.309 e. The quantitative estimate of drug-likeness (QED) is 0.791. The van der Waals surface area contributed by atoms with Crippen LogP contribution in [0.25, 0.3) is 11.2 Å². The van der Waals surface area contributed by atoms with Crippen molar-refractivity contribution in [2.75, 3.05) is 37.7 Å². The monoisotopic (exact) mass is 386 g/mol. The van der Waals surface area contributed by atoms with E-state index < -0.39 is 0 Å². The maximum Gasteiger partial charge on any atom is 0.309 e. The van der Waals surface area contributed by atoms with Gasteiger partial charge in [-0.2, -0.15) is 0 Å². The van der Waals surface area contributed by atoms with Crippen molar-refractivity contribution >= 4 is 28.9 Å². The Hall–Kier alpha value is -2.71. The van der Waals surface area contributed by atoms with Gasteiger partial charge in [-0.05, 0) is 32.6 Å². The molecule has 2 saturated heterocycles. The van der Waals surface area contributed by atoms with Gasteiger partial charge >= 0.3 is 5.97 Å². The van der Waals surface area contributed by atoms with E-state index >= 15 is 0 Å². The minimum absolute atomic E-state index is 0.0366. The summed E-state index contributed by atoms with van der Waals surface area (Å²) < 4.78 is 5.11. The van der Waals surface area contributed by atoms with Gasteiger partial charge in [0.1, 0.15) is 11.8 Å². The number of piperidine rings is 2. The van der Waals surface area contributed by atoms with Gasteiger partial charge in [0, 0.05) is 32.1 Å². The molecular weight excluding hydrogens is 360 g/mol. The predicted octanol–water partition coefficient (Wildman–Crippen LogP) is 1.37. The number of likely N-dealkylation sites (tertiary alicyclic amines) is 1. The van der Waals surface area contributed by atoms with Crippen molar-refractivity contribution in [1.82, 2.24) is 24.8 Å². The van der Waals surface area contributed by atoms with Crippen LogP contribution in [0, 0.1) is 11.8 Å². The maximum atomic E-state index is 12.9. The zero-order chi connectivity index (χ0) is 19.5. The molecule has 4 rings (SSSR count). The molecule has 0 atom stereocenters. The SMILES string of the molecule is CCOC(=O)C1CCN(C(=O)C2CCN(c3ncnc4nc[nH]c34)CC2)CC1. The number of amides is 1. The number of rotatable bonds is 4. The highest BCUT2D eigenvalue weighted by Gasteiger charge is 2.33. The molecule has 2 aromatic rings. The van der Waals surface area contributed by atoms with E-state index in [0.29, 0.717) is 38.2 Å². The number of anilines is 1. The highest BCUT2D eigenvalue weighted by atomic mass is 16.5. The molecule has 0 unspecified atom stereocenters. The molecule has 150 valence electrons. The standard InChI is InChI=1S/C19H26N6O3/c1-2-28-19(27)14-5-9-25(10-6-14)18(26)13-3-7-24(8-4-13)17-15-16(21-11-20-15)22-12-23-17/h11-14H,2-10H2,1H3,(H,20,21,22,23). The van der Waals surface area contributed by atoms with E-state index in [4.69, 9.17) is 4.74 Å². The first-order valence-corrected chi connectivity index (χ1v) is 10.0. The summed E-state index contributed by atoms with van der Waals surface area (Å²) in [5, 5.41) is 0. The van der Waals surface area contributed by atoms with Gasteiger partial charge in [0.15, 0.2) is 11.5 Å². The first-order valence-electron chi connectivity index (χ1n) is 10.0. The summed E-state index contributed by atoms with van der Waals surface area (Å²) in [4.78, 5) is 44.8. The van der Waals surface area contributed by atoms with Crippen LogP contribution >= 0.6 is 0 Å². The van der Waals surface area contributed by atoms with Gasteiger partial charge in [-0.15, -0.1) is 0 Å². The molecule has 1 amide bonds. The second-order valence-corrected chi connectivity index (χ2v) is 7.41. The van der Waals surface area contributed by atoms with Crippen LogP contribution in [0.2, 0.25) is 0 Å². The van der Waals surface area contributed by atoms with Crippen LogP contribution in [-0.2, 0) is 14.3 Å². The molecule has 9 nitrogen and oxygen atoms in total. The van der Waals surface area contributed by atoms with Gasteiger partial charge in [-0.25, -0.2) is 15.0 Å². The van der Waals surface area contributed by atoms with Crippen molar-refractivity contribution < 1.29 is 14.3 Å². The summed E-state index contributed by atoms with van der Waals surface area (Å²) in [5.41, 5.74) is 1.50. The first kappa shape index (κ1) is 18.6. The van der Waals surface area contributed by atoms with E-state index in [9.17, 15) is 9.59 Å². The third-order valence-corrected chi connectivity index (χ3v) is 5.77. The van der Waals surface area contributed by atoms with Crippen molar-refractivity contribution in [2.45, 2.75) is 32.6 Å². The third kappa shape index (κ3) is 3.65. The van der Waals surface area contributed by atoms with E-state index in [1.807, 2.05) is 11.8 Å². The third-order valence-electron chi connectivity index (χ3n) is 5.77. The molecule has 2 aromatic heterocycles. The van der Waals surface area contributed by atoms with Crippen LogP contribution in [-0.4, -0.2) is 69.5 Å². The van der Waals surface area contributed by atoms with Crippen molar-refractivity contribution in [3.8, 4) is 0 Å². The Bertz CT molecular complexity index is 837. The fourth-order valence-electron chi connectivity index (χ4n) is 4.18. The maximum absolute atomic E-state index is 12.9. The molecule has 0 bridgehead atoms. The summed E-state index contributed by atoms with van der Waals surface area (Å²) in [7, 11) is 0. The number of hydrogen-bond acceptors (Lipinski definition) is 7. The second-order valence-electron chi connectivity index (χ2n) is 7.41. The highest BCUT2D eigenvalue weighted by Crippen LogP contribution is 2.28. The van der Waals surface area contributed by atoms with Crippen molar-refractivity contribution in [3.63, 3.8) is 0 Å². The van der Waals surface area contributed by atoms with Gasteiger partial charge in [-0.3, -0.25) is 9.59 Å². The number of imidazole rings is 1. The molecule has 0 aliphatic carbocycles. The highest BCUT2D eigenvalue weighted by molar-refractivity contribution is 5.83. The van der Waals surface area contributed by atoms with E-state index in [0.717, 1.165) is 37.3 Å². The lowest BCUT2D eigenvalue weighted by Crippen LogP contribution is -2.46. The van der Waals surface area contributed by atoms with Gasteiger partial charge in [0.2, 0.25) is 5.91 Å². The Morgan fingerprint density at radius 3 is 2.50 bits per heavy atom. The minimum Gasteiger partial charge on any atom is -0.466 e. The number of fused-ring (bicyclic) bond motifs is 1. The average Bonchev–Trinajstić information content (AvgIpc) is 3.23. The fourth-order valence-corrected chi connectivity index (χ4v) is 4.18. The molecule has 2 fully saturated rings. The van der Waals surface area contributed by atoms with Crippen LogP contribution < -0.4 is 4.90 Å². The zero-order valence-corrected chi connectivity index (χ0v) is 16.1. The molecule has 2 aliphatic rings. The number of ether oxygens (including phenoxy) is 1. The molecule has 2 aliphatic heterocycles. The van der Waals surface area contributed by atoms with Gasteiger partial charge in [-0.1, -0.05) is 0 Å². The Labute approximate surface area is 163 Å². The number of H-pyrrole nitrogens is 1. The van der Waals surface area contributed by atoms with E-state index in [-0.39, 0.29) is 23.7 Å². The largest absolute Gasteiger partial charge is 0.466 e. The molecule has 0 radical (unpaired) electrons.